The van der Waals surface area contributed by atoms with E-state index in [0.29, 0.717) is 42.3 Å². The molecule has 6 rings (SSSR count). The van der Waals surface area contributed by atoms with Crippen LogP contribution in [0.5, 0.6) is 0 Å². The number of carbonyl (C=O) groups excluding carboxylic acids is 4. The van der Waals surface area contributed by atoms with Gasteiger partial charge in [-0.2, -0.15) is 0 Å². The van der Waals surface area contributed by atoms with Crippen molar-refractivity contribution >= 4 is 82.5 Å². The van der Waals surface area contributed by atoms with Crippen molar-refractivity contribution in [3.8, 4) is 0 Å². The Bertz CT molecular complexity index is 1680. The van der Waals surface area contributed by atoms with Crippen molar-refractivity contribution in [3.05, 3.63) is 128 Å². The predicted molar refractivity (Wildman–Crippen MR) is 162 cm³/mol. The number of alkyl halides is 1. The third kappa shape index (κ3) is 7.03. The molecule has 41 heavy (non-hydrogen) atoms. The number of halogens is 5. The van der Waals surface area contributed by atoms with Crippen molar-refractivity contribution in [3.63, 3.8) is 0 Å². The topological polar surface area (TPSA) is 83.6 Å². The summed E-state index contributed by atoms with van der Waals surface area (Å²) in [4.78, 5) is 47.5. The van der Waals surface area contributed by atoms with E-state index in [-0.39, 0.29) is 18.2 Å². The number of carbonyl (C=O) groups is 4. The van der Waals surface area contributed by atoms with Crippen LogP contribution in [-0.4, -0.2) is 23.4 Å². The first-order valence-corrected chi connectivity index (χ1v) is 14.6. The molecule has 0 saturated heterocycles. The van der Waals surface area contributed by atoms with Gasteiger partial charge in [0.25, 0.3) is 23.4 Å². The van der Waals surface area contributed by atoms with Gasteiger partial charge in [-0.3, -0.25) is 19.2 Å². The van der Waals surface area contributed by atoms with Crippen molar-refractivity contribution in [2.24, 2.45) is 0 Å². The molecule has 0 fully saturated rings. The summed E-state index contributed by atoms with van der Waals surface area (Å²) in [6.45, 7) is 0.172. The van der Waals surface area contributed by atoms with Crippen LogP contribution in [0.1, 0.15) is 31.8 Å². The molecule has 0 spiro atoms. The molecule has 0 saturated carbocycles. The SMILES string of the molecule is Fc1cccc(CBr)c1.O=C1C(=O)N(Cc2cccc(F)c2)c2cccc(Br)c21.O=C1Nc2cccc(Br)c2C1=O. The van der Waals surface area contributed by atoms with E-state index in [0.717, 1.165) is 5.56 Å². The molecule has 0 unspecified atom stereocenters. The first-order chi connectivity index (χ1) is 19.6. The standard InChI is InChI=1S/C15H9BrFNO2.C8H4BrNO2.C7H6BrF/c16-11-5-2-6-12-13(11)14(19)15(20)18(12)8-9-3-1-4-10(17)7-9;9-4-2-1-3-5-6(4)7(11)8(12)10-5;8-5-6-2-1-3-7(9)4-6/h1-7H,8H2;1-3H,(H,10,11,12);1-4H,5H2. The Morgan fingerprint density at radius 3 is 1.83 bits per heavy atom. The zero-order valence-corrected chi connectivity index (χ0v) is 25.7. The van der Waals surface area contributed by atoms with Gasteiger partial charge < -0.3 is 10.2 Å². The van der Waals surface area contributed by atoms with Gasteiger partial charge in [0.05, 0.1) is 29.0 Å². The Kier molecular flexibility index (Phi) is 9.95. The van der Waals surface area contributed by atoms with Gasteiger partial charge in [-0.1, -0.05) is 52.3 Å². The molecule has 6 nitrogen and oxygen atoms in total. The largest absolute Gasteiger partial charge is 0.318 e. The van der Waals surface area contributed by atoms with Gasteiger partial charge in [0.1, 0.15) is 11.6 Å². The van der Waals surface area contributed by atoms with E-state index in [4.69, 9.17) is 0 Å². The van der Waals surface area contributed by atoms with Crippen LogP contribution < -0.4 is 10.2 Å². The second-order valence-corrected chi connectivity index (χ2v) is 11.0. The fraction of sp³-hybridized carbons (Fsp3) is 0.0667. The number of rotatable bonds is 3. The fourth-order valence-electron chi connectivity index (χ4n) is 4.05. The van der Waals surface area contributed by atoms with E-state index in [1.165, 1.54) is 29.2 Å². The summed E-state index contributed by atoms with van der Waals surface area (Å²) in [5, 5.41) is 3.18. The quantitative estimate of drug-likeness (QED) is 0.173. The lowest BCUT2D eigenvalue weighted by Crippen LogP contribution is -2.29. The number of fused-ring (bicyclic) bond motifs is 2. The normalized spacial score (nSPS) is 13.0. The van der Waals surface area contributed by atoms with Crippen LogP contribution in [0, 0.1) is 11.6 Å². The first-order valence-electron chi connectivity index (χ1n) is 11.9. The monoisotopic (exact) mass is 746 g/mol. The molecule has 2 aliphatic heterocycles. The summed E-state index contributed by atoms with van der Waals surface area (Å²) in [6.07, 6.45) is 0. The average Bonchev–Trinajstić information content (AvgIpc) is 3.38. The van der Waals surface area contributed by atoms with E-state index in [1.54, 1.807) is 54.6 Å². The van der Waals surface area contributed by atoms with Crippen molar-refractivity contribution in [2.75, 3.05) is 10.2 Å². The number of Topliss-reactive ketones (excluding diaryl/α,β-unsaturated/α-hetero) is 2. The molecule has 0 bridgehead atoms. The maximum atomic E-state index is 13.2. The molecule has 0 radical (unpaired) electrons. The van der Waals surface area contributed by atoms with Crippen LogP contribution in [0.15, 0.2) is 93.9 Å². The van der Waals surface area contributed by atoms with Gasteiger partial charge in [-0.25, -0.2) is 8.78 Å². The highest BCUT2D eigenvalue weighted by Gasteiger charge is 2.37. The lowest BCUT2D eigenvalue weighted by Gasteiger charge is -2.16. The molecule has 4 aromatic carbocycles. The van der Waals surface area contributed by atoms with Crippen LogP contribution in [0.3, 0.4) is 0 Å². The van der Waals surface area contributed by atoms with Crippen molar-refractivity contribution in [1.82, 2.24) is 0 Å². The minimum Gasteiger partial charge on any atom is -0.318 e. The molecule has 208 valence electrons. The Balaban J connectivity index is 0.000000156. The number of nitrogens with zero attached hydrogens (tertiary/aromatic N) is 1. The highest BCUT2D eigenvalue weighted by atomic mass is 79.9. The minimum atomic E-state index is -0.587. The number of anilines is 2. The van der Waals surface area contributed by atoms with Crippen LogP contribution in [0.4, 0.5) is 20.2 Å². The second kappa shape index (κ2) is 13.4. The molecule has 0 aliphatic carbocycles. The minimum absolute atomic E-state index is 0.172. The molecule has 2 aliphatic rings. The molecule has 4 aromatic rings. The average molecular weight is 749 g/mol. The van der Waals surface area contributed by atoms with E-state index in [9.17, 15) is 28.0 Å². The van der Waals surface area contributed by atoms with Crippen LogP contribution in [0.2, 0.25) is 0 Å². The molecule has 2 amide bonds. The van der Waals surface area contributed by atoms with E-state index in [2.05, 4.69) is 53.1 Å². The smallest absolute Gasteiger partial charge is 0.299 e. The van der Waals surface area contributed by atoms with Gasteiger partial charge >= 0.3 is 0 Å². The molecule has 2 heterocycles. The van der Waals surface area contributed by atoms with Gasteiger partial charge in [-0.15, -0.1) is 0 Å². The van der Waals surface area contributed by atoms with Crippen LogP contribution >= 0.6 is 47.8 Å². The molecular formula is C30H19Br3F2N2O4. The Labute approximate surface area is 259 Å². The van der Waals surface area contributed by atoms with Gasteiger partial charge in [-0.05, 0) is 91.5 Å². The van der Waals surface area contributed by atoms with E-state index >= 15 is 0 Å². The second-order valence-electron chi connectivity index (χ2n) is 8.69. The zero-order chi connectivity index (χ0) is 29.7. The molecule has 11 heteroatoms. The zero-order valence-electron chi connectivity index (χ0n) is 21.0. The number of ketones is 2. The number of hydrogen-bond acceptors (Lipinski definition) is 4. The summed E-state index contributed by atoms with van der Waals surface area (Å²) < 4.78 is 26.8. The number of nitrogens with one attached hydrogen (secondary N) is 1. The maximum absolute atomic E-state index is 13.2. The fourth-order valence-corrected chi connectivity index (χ4v) is 5.48. The van der Waals surface area contributed by atoms with E-state index < -0.39 is 23.4 Å². The Morgan fingerprint density at radius 2 is 1.24 bits per heavy atom. The molecule has 0 aromatic heterocycles. The summed E-state index contributed by atoms with van der Waals surface area (Å²) in [5.41, 5.74) is 3.54. The number of benzene rings is 4. The number of hydrogen-bond donors (Lipinski definition) is 1. The molecule has 1 N–H and O–H groups in total. The maximum Gasteiger partial charge on any atom is 0.299 e. The third-order valence-electron chi connectivity index (χ3n) is 5.92. The number of amides is 2. The van der Waals surface area contributed by atoms with Crippen LogP contribution in [-0.2, 0) is 21.5 Å². The van der Waals surface area contributed by atoms with E-state index in [1.807, 2.05) is 6.07 Å². The molecular weight excluding hydrogens is 730 g/mol. The van der Waals surface area contributed by atoms with Crippen LogP contribution in [0.25, 0.3) is 0 Å². The lowest BCUT2D eigenvalue weighted by molar-refractivity contribution is -0.114. The Morgan fingerprint density at radius 1 is 0.683 bits per heavy atom. The highest BCUT2D eigenvalue weighted by molar-refractivity contribution is 9.11. The molecule has 0 atom stereocenters. The predicted octanol–water partition coefficient (Wildman–Crippen LogP) is 7.62. The van der Waals surface area contributed by atoms with Gasteiger partial charge in [0.15, 0.2) is 0 Å². The lowest BCUT2D eigenvalue weighted by atomic mass is 10.1. The summed E-state index contributed by atoms with van der Waals surface area (Å²) in [5.74, 6) is -2.70. The summed E-state index contributed by atoms with van der Waals surface area (Å²) in [7, 11) is 0. The van der Waals surface area contributed by atoms with Gasteiger partial charge in [0.2, 0.25) is 0 Å². The Hall–Kier alpha value is -3.54. The van der Waals surface area contributed by atoms with Crippen molar-refractivity contribution in [1.29, 1.82) is 0 Å². The third-order valence-corrected chi connectivity index (χ3v) is 7.89. The van der Waals surface area contributed by atoms with Gasteiger partial charge in [0, 0.05) is 14.3 Å². The summed E-state index contributed by atoms with van der Waals surface area (Å²) in [6, 6.07) is 22.9. The summed E-state index contributed by atoms with van der Waals surface area (Å²) >= 11 is 9.71. The highest BCUT2D eigenvalue weighted by Crippen LogP contribution is 2.35. The van der Waals surface area contributed by atoms with Crippen molar-refractivity contribution in [2.45, 2.75) is 11.9 Å². The van der Waals surface area contributed by atoms with Crippen molar-refractivity contribution < 1.29 is 28.0 Å². The first kappa shape index (κ1) is 30.4.